The van der Waals surface area contributed by atoms with Gasteiger partial charge in [-0.15, -0.1) is 0 Å². The Hall–Kier alpha value is -2.78. The number of amides is 1. The Morgan fingerprint density at radius 1 is 1.34 bits per heavy atom. The Balaban J connectivity index is 1.56. The Labute approximate surface area is 172 Å². The Morgan fingerprint density at radius 2 is 2.14 bits per heavy atom. The molecule has 2 aromatic rings. The second-order valence-electron chi connectivity index (χ2n) is 8.15. The Morgan fingerprint density at radius 3 is 2.86 bits per heavy atom. The first kappa shape index (κ1) is 19.5. The minimum atomic E-state index is -0.101. The summed E-state index contributed by atoms with van der Waals surface area (Å²) in [7, 11) is 0. The largest absolute Gasteiger partial charge is 0.376 e. The average molecular weight is 393 g/mol. The maximum Gasteiger partial charge on any atom is 0.245 e. The van der Waals surface area contributed by atoms with E-state index in [9.17, 15) is 10.1 Å². The second-order valence-corrected chi connectivity index (χ2v) is 8.15. The molecule has 1 saturated heterocycles. The van der Waals surface area contributed by atoms with Gasteiger partial charge in [-0.25, -0.2) is 0 Å². The summed E-state index contributed by atoms with van der Waals surface area (Å²) in [5.41, 5.74) is 4.87. The highest BCUT2D eigenvalue weighted by Crippen LogP contribution is 2.32. The van der Waals surface area contributed by atoms with Crippen LogP contribution in [-0.2, 0) is 22.5 Å². The molecule has 0 radical (unpaired) electrons. The lowest BCUT2D eigenvalue weighted by Crippen LogP contribution is -2.37. The number of rotatable bonds is 5. The summed E-state index contributed by atoms with van der Waals surface area (Å²) in [6, 6.07) is 10.8. The molecule has 4 rings (SSSR count). The van der Waals surface area contributed by atoms with Gasteiger partial charge in [0.25, 0.3) is 0 Å². The van der Waals surface area contributed by atoms with Crippen molar-refractivity contribution < 1.29 is 9.53 Å². The molecule has 1 N–H and O–H groups in total. The van der Waals surface area contributed by atoms with Gasteiger partial charge in [0.15, 0.2) is 0 Å². The van der Waals surface area contributed by atoms with Crippen molar-refractivity contribution in [2.45, 2.75) is 58.7 Å². The zero-order chi connectivity index (χ0) is 20.5. The molecule has 0 bridgehead atoms. The van der Waals surface area contributed by atoms with Gasteiger partial charge in [0.05, 0.1) is 24.8 Å². The molecular weight excluding hydrogens is 364 g/mol. The number of carbonyl (C=O) groups excluding carboxylic acids is 1. The molecule has 1 aromatic carbocycles. The van der Waals surface area contributed by atoms with Crippen LogP contribution in [0.4, 0.5) is 11.5 Å². The van der Waals surface area contributed by atoms with Crippen LogP contribution in [0.2, 0.25) is 0 Å². The molecule has 1 fully saturated rings. The van der Waals surface area contributed by atoms with E-state index in [1.54, 1.807) is 0 Å². The molecule has 1 amide bonds. The third-order valence-corrected chi connectivity index (χ3v) is 6.27. The van der Waals surface area contributed by atoms with E-state index >= 15 is 0 Å². The Kier molecular flexibility index (Phi) is 5.33. The smallest absolute Gasteiger partial charge is 0.245 e. The van der Waals surface area contributed by atoms with E-state index in [2.05, 4.69) is 35.3 Å². The summed E-state index contributed by atoms with van der Waals surface area (Å²) in [6.45, 7) is 7.79. The van der Waals surface area contributed by atoms with Crippen molar-refractivity contribution in [2.75, 3.05) is 23.4 Å². The fourth-order valence-corrected chi connectivity index (χ4v) is 4.55. The third-order valence-electron chi connectivity index (χ3n) is 6.27. The zero-order valence-electron chi connectivity index (χ0n) is 17.4. The van der Waals surface area contributed by atoms with Gasteiger partial charge in [-0.05, 0) is 57.2 Å². The van der Waals surface area contributed by atoms with E-state index in [0.29, 0.717) is 17.9 Å². The maximum absolute atomic E-state index is 13.0. The topological polar surface area (TPSA) is 70.3 Å². The third kappa shape index (κ3) is 3.63. The van der Waals surface area contributed by atoms with E-state index in [1.165, 1.54) is 5.56 Å². The summed E-state index contributed by atoms with van der Waals surface area (Å²) < 4.78 is 7.84. The van der Waals surface area contributed by atoms with Gasteiger partial charge in [-0.3, -0.25) is 4.79 Å². The molecule has 2 aliphatic rings. The van der Waals surface area contributed by atoms with Crippen molar-refractivity contribution in [3.8, 4) is 6.07 Å². The average Bonchev–Trinajstić information content (AvgIpc) is 3.38. The minimum absolute atomic E-state index is 0.101. The predicted molar refractivity (Wildman–Crippen MR) is 113 cm³/mol. The maximum atomic E-state index is 13.0. The molecule has 0 aliphatic carbocycles. The molecule has 6 nitrogen and oxygen atoms in total. The number of para-hydroxylation sites is 1. The van der Waals surface area contributed by atoms with Crippen LogP contribution < -0.4 is 10.2 Å². The first-order chi connectivity index (χ1) is 14.0. The lowest BCUT2D eigenvalue weighted by molar-refractivity contribution is -0.115. The highest BCUT2D eigenvalue weighted by molar-refractivity contribution is 5.95. The van der Waals surface area contributed by atoms with E-state index in [-0.39, 0.29) is 24.6 Å². The van der Waals surface area contributed by atoms with Crippen LogP contribution in [0, 0.1) is 25.2 Å². The number of aromatic nitrogens is 1. The summed E-state index contributed by atoms with van der Waals surface area (Å²) >= 11 is 0. The fourth-order valence-electron chi connectivity index (χ4n) is 4.55. The molecule has 6 heteroatoms. The molecule has 0 unspecified atom stereocenters. The van der Waals surface area contributed by atoms with Crippen LogP contribution in [0.25, 0.3) is 0 Å². The van der Waals surface area contributed by atoms with E-state index in [0.717, 1.165) is 42.8 Å². The van der Waals surface area contributed by atoms with Gasteiger partial charge in [0.1, 0.15) is 11.9 Å². The monoisotopic (exact) mass is 392 g/mol. The van der Waals surface area contributed by atoms with Gasteiger partial charge < -0.3 is 19.5 Å². The number of fused-ring (bicyclic) bond motifs is 1. The van der Waals surface area contributed by atoms with Gasteiger partial charge in [-0.2, -0.15) is 5.26 Å². The van der Waals surface area contributed by atoms with Crippen molar-refractivity contribution in [3.05, 3.63) is 46.6 Å². The first-order valence-corrected chi connectivity index (χ1v) is 10.4. The number of benzene rings is 1. The Bertz CT molecular complexity index is 966. The SMILES string of the molecule is Cc1c(C#N)c(NC(=O)CN2c3ccccc3C[C@H]2C)n(C[C@@H]2CCCO2)c1C. The quantitative estimate of drug-likeness (QED) is 0.845. The molecule has 2 aliphatic heterocycles. The number of anilines is 2. The highest BCUT2D eigenvalue weighted by Gasteiger charge is 2.29. The fraction of sp³-hybridized carbons (Fsp3) is 0.478. The highest BCUT2D eigenvalue weighted by atomic mass is 16.5. The zero-order valence-corrected chi connectivity index (χ0v) is 17.4. The van der Waals surface area contributed by atoms with E-state index in [4.69, 9.17) is 4.74 Å². The minimum Gasteiger partial charge on any atom is -0.376 e. The molecule has 152 valence electrons. The van der Waals surface area contributed by atoms with Crippen molar-refractivity contribution in [1.82, 2.24) is 4.57 Å². The van der Waals surface area contributed by atoms with Crippen LogP contribution in [0.3, 0.4) is 0 Å². The van der Waals surface area contributed by atoms with Crippen LogP contribution in [0.1, 0.15) is 42.1 Å². The van der Waals surface area contributed by atoms with Crippen LogP contribution in [0.5, 0.6) is 0 Å². The van der Waals surface area contributed by atoms with Crippen LogP contribution in [-0.4, -0.2) is 35.8 Å². The van der Waals surface area contributed by atoms with Crippen LogP contribution in [0.15, 0.2) is 24.3 Å². The number of nitriles is 1. The lowest BCUT2D eigenvalue weighted by atomic mass is 10.1. The van der Waals surface area contributed by atoms with Gasteiger partial charge in [0, 0.05) is 24.0 Å². The summed E-state index contributed by atoms with van der Waals surface area (Å²) in [6.07, 6.45) is 3.14. The number of ether oxygens (including phenoxy) is 1. The molecule has 0 saturated carbocycles. The predicted octanol–water partition coefficient (Wildman–Crippen LogP) is 3.55. The van der Waals surface area contributed by atoms with E-state index < -0.39 is 0 Å². The standard InChI is InChI=1S/C23H28N4O2/c1-15-11-18-7-4-5-9-21(18)26(15)14-22(28)25-23-20(12-24)16(2)17(3)27(23)13-19-8-6-10-29-19/h4-5,7,9,15,19H,6,8,10-11,13-14H2,1-3H3,(H,25,28)/t15-,19+/m1/s1. The molecule has 29 heavy (non-hydrogen) atoms. The van der Waals surface area contributed by atoms with Gasteiger partial charge in [-0.1, -0.05) is 18.2 Å². The van der Waals surface area contributed by atoms with Crippen molar-refractivity contribution >= 4 is 17.4 Å². The summed E-state index contributed by atoms with van der Waals surface area (Å²) in [5, 5.41) is 12.8. The molecule has 2 atom stereocenters. The summed E-state index contributed by atoms with van der Waals surface area (Å²) in [4.78, 5) is 15.1. The lowest BCUT2D eigenvalue weighted by Gasteiger charge is -2.24. The van der Waals surface area contributed by atoms with Crippen molar-refractivity contribution in [1.29, 1.82) is 5.26 Å². The number of nitrogens with one attached hydrogen (secondary N) is 1. The number of hydrogen-bond donors (Lipinski definition) is 1. The van der Waals surface area contributed by atoms with Gasteiger partial charge in [0.2, 0.25) is 5.91 Å². The van der Waals surface area contributed by atoms with Crippen molar-refractivity contribution in [3.63, 3.8) is 0 Å². The van der Waals surface area contributed by atoms with Gasteiger partial charge >= 0.3 is 0 Å². The molecular formula is C23H28N4O2. The first-order valence-electron chi connectivity index (χ1n) is 10.4. The number of carbonyl (C=O) groups is 1. The molecule has 3 heterocycles. The summed E-state index contributed by atoms with van der Waals surface area (Å²) in [5.74, 6) is 0.499. The molecule has 0 spiro atoms. The van der Waals surface area contributed by atoms with Crippen LogP contribution >= 0.6 is 0 Å². The normalized spacial score (nSPS) is 20.6. The van der Waals surface area contributed by atoms with E-state index in [1.807, 2.05) is 30.5 Å². The number of nitrogens with zero attached hydrogens (tertiary/aromatic N) is 3. The second kappa shape index (κ2) is 7.92. The number of hydrogen-bond acceptors (Lipinski definition) is 4. The van der Waals surface area contributed by atoms with Crippen molar-refractivity contribution in [2.24, 2.45) is 0 Å². The molecule has 1 aromatic heterocycles.